The zero-order valence-corrected chi connectivity index (χ0v) is 14.7. The van der Waals surface area contributed by atoms with Gasteiger partial charge in [0.15, 0.2) is 0 Å². The summed E-state index contributed by atoms with van der Waals surface area (Å²) in [5.74, 6) is 1.44. The molecule has 1 aromatic heterocycles. The van der Waals surface area contributed by atoms with Crippen molar-refractivity contribution in [1.29, 1.82) is 0 Å². The lowest BCUT2D eigenvalue weighted by Crippen LogP contribution is -2.43. The highest BCUT2D eigenvalue weighted by atomic mass is 16.2. The number of amides is 1. The van der Waals surface area contributed by atoms with Gasteiger partial charge >= 0.3 is 0 Å². The van der Waals surface area contributed by atoms with Crippen LogP contribution in [0.3, 0.4) is 0 Å². The van der Waals surface area contributed by atoms with Gasteiger partial charge in [-0.2, -0.15) is 0 Å². The standard InChI is InChI=1S/C18H30N4O/c1-18(2,3)15-6-4-14(5-7-15)17(23)21-10-8-16(9-11-21)22-12-19-20-13-22/h12-16H,4-11H2,1-3H3. The van der Waals surface area contributed by atoms with Gasteiger partial charge in [-0.1, -0.05) is 20.8 Å². The minimum absolute atomic E-state index is 0.264. The Bertz CT molecular complexity index is 504. The molecule has 0 spiro atoms. The van der Waals surface area contributed by atoms with Gasteiger partial charge in [0.2, 0.25) is 5.91 Å². The van der Waals surface area contributed by atoms with Crippen LogP contribution in [0.25, 0.3) is 0 Å². The van der Waals surface area contributed by atoms with E-state index < -0.39 is 0 Å². The third kappa shape index (κ3) is 3.75. The largest absolute Gasteiger partial charge is 0.342 e. The smallest absolute Gasteiger partial charge is 0.225 e. The van der Waals surface area contributed by atoms with E-state index in [1.807, 2.05) is 0 Å². The zero-order valence-electron chi connectivity index (χ0n) is 14.7. The third-order valence-corrected chi connectivity index (χ3v) is 5.94. The summed E-state index contributed by atoms with van der Waals surface area (Å²) >= 11 is 0. The van der Waals surface area contributed by atoms with Crippen LogP contribution in [-0.4, -0.2) is 38.7 Å². The molecule has 1 saturated carbocycles. The first-order valence-corrected chi connectivity index (χ1v) is 9.08. The van der Waals surface area contributed by atoms with Gasteiger partial charge in [-0.15, -0.1) is 10.2 Å². The molecule has 3 rings (SSSR count). The number of carbonyl (C=O) groups excluding carboxylic acids is 1. The molecular formula is C18H30N4O. The zero-order chi connectivity index (χ0) is 16.4. The van der Waals surface area contributed by atoms with Gasteiger partial charge in [-0.25, -0.2) is 0 Å². The van der Waals surface area contributed by atoms with Crippen LogP contribution in [0.2, 0.25) is 0 Å². The van der Waals surface area contributed by atoms with Crippen LogP contribution in [0.15, 0.2) is 12.7 Å². The van der Waals surface area contributed by atoms with Gasteiger partial charge in [-0.05, 0) is 49.9 Å². The molecule has 0 N–H and O–H groups in total. The van der Waals surface area contributed by atoms with E-state index in [0.29, 0.717) is 17.4 Å². The Morgan fingerprint density at radius 2 is 1.52 bits per heavy atom. The van der Waals surface area contributed by atoms with Crippen molar-refractivity contribution in [2.75, 3.05) is 13.1 Å². The summed E-state index contributed by atoms with van der Waals surface area (Å²) < 4.78 is 2.08. The van der Waals surface area contributed by atoms with Gasteiger partial charge < -0.3 is 9.47 Å². The molecule has 0 aromatic carbocycles. The van der Waals surface area contributed by atoms with Crippen LogP contribution in [0.5, 0.6) is 0 Å². The molecule has 1 saturated heterocycles. The van der Waals surface area contributed by atoms with E-state index in [0.717, 1.165) is 44.7 Å². The van der Waals surface area contributed by atoms with Crippen LogP contribution in [-0.2, 0) is 4.79 Å². The molecule has 0 atom stereocenters. The SMILES string of the molecule is CC(C)(C)C1CCC(C(=O)N2CCC(n3cnnc3)CC2)CC1. The summed E-state index contributed by atoms with van der Waals surface area (Å²) in [6, 6.07) is 0.450. The predicted molar refractivity (Wildman–Crippen MR) is 89.8 cm³/mol. The average Bonchev–Trinajstić information content (AvgIpc) is 3.08. The summed E-state index contributed by atoms with van der Waals surface area (Å²) in [6.45, 7) is 8.74. The highest BCUT2D eigenvalue weighted by Gasteiger charge is 2.35. The second-order valence-electron chi connectivity index (χ2n) is 8.38. The van der Waals surface area contributed by atoms with Crippen molar-refractivity contribution >= 4 is 5.91 Å². The number of carbonyl (C=O) groups is 1. The number of hydrogen-bond donors (Lipinski definition) is 0. The summed E-state index contributed by atoms with van der Waals surface area (Å²) in [6.07, 6.45) is 10.2. The minimum Gasteiger partial charge on any atom is -0.342 e. The van der Waals surface area contributed by atoms with E-state index in [1.54, 1.807) is 12.7 Å². The molecule has 23 heavy (non-hydrogen) atoms. The molecule has 0 unspecified atom stereocenters. The Kier molecular flexibility index (Phi) is 4.74. The van der Waals surface area contributed by atoms with Gasteiger partial charge in [0.1, 0.15) is 12.7 Å². The van der Waals surface area contributed by atoms with Crippen molar-refractivity contribution in [3.63, 3.8) is 0 Å². The predicted octanol–water partition coefficient (Wildman–Crippen LogP) is 3.29. The topological polar surface area (TPSA) is 51.0 Å². The fourth-order valence-corrected chi connectivity index (χ4v) is 4.25. The van der Waals surface area contributed by atoms with Gasteiger partial charge in [0, 0.05) is 25.0 Å². The molecule has 1 aliphatic heterocycles. The van der Waals surface area contributed by atoms with Gasteiger partial charge in [0.25, 0.3) is 0 Å². The van der Waals surface area contributed by atoms with Crippen molar-refractivity contribution in [2.45, 2.75) is 65.3 Å². The van der Waals surface area contributed by atoms with Crippen LogP contribution >= 0.6 is 0 Å². The van der Waals surface area contributed by atoms with E-state index >= 15 is 0 Å². The van der Waals surface area contributed by atoms with Crippen molar-refractivity contribution < 1.29 is 4.79 Å². The summed E-state index contributed by atoms with van der Waals surface area (Å²) in [7, 11) is 0. The lowest BCUT2D eigenvalue weighted by atomic mass is 9.69. The number of nitrogens with zero attached hydrogens (tertiary/aromatic N) is 4. The molecular weight excluding hydrogens is 288 g/mol. The second-order valence-corrected chi connectivity index (χ2v) is 8.38. The first-order chi connectivity index (χ1) is 10.9. The maximum Gasteiger partial charge on any atom is 0.225 e. The molecule has 128 valence electrons. The number of piperidine rings is 1. The normalized spacial score (nSPS) is 27.2. The molecule has 1 amide bonds. The van der Waals surface area contributed by atoms with E-state index in [4.69, 9.17) is 0 Å². The lowest BCUT2D eigenvalue weighted by Gasteiger charge is -2.39. The Labute approximate surface area is 139 Å². The molecule has 5 heteroatoms. The van der Waals surface area contributed by atoms with Crippen molar-refractivity contribution in [3.05, 3.63) is 12.7 Å². The van der Waals surface area contributed by atoms with Gasteiger partial charge in [0.05, 0.1) is 0 Å². The second kappa shape index (κ2) is 6.62. The maximum absolute atomic E-state index is 12.8. The number of aromatic nitrogens is 3. The fourth-order valence-electron chi connectivity index (χ4n) is 4.25. The quantitative estimate of drug-likeness (QED) is 0.841. The monoisotopic (exact) mass is 318 g/mol. The molecule has 1 aliphatic carbocycles. The lowest BCUT2D eigenvalue weighted by molar-refractivity contribution is -0.138. The van der Waals surface area contributed by atoms with Crippen LogP contribution in [0.1, 0.15) is 65.3 Å². The highest BCUT2D eigenvalue weighted by molar-refractivity contribution is 5.79. The Hall–Kier alpha value is -1.39. The highest BCUT2D eigenvalue weighted by Crippen LogP contribution is 2.40. The van der Waals surface area contributed by atoms with Gasteiger partial charge in [-0.3, -0.25) is 4.79 Å². The average molecular weight is 318 g/mol. The number of likely N-dealkylation sites (tertiary alicyclic amines) is 1. The Morgan fingerprint density at radius 1 is 0.957 bits per heavy atom. The molecule has 0 bridgehead atoms. The molecule has 0 radical (unpaired) electrons. The fraction of sp³-hybridized carbons (Fsp3) is 0.833. The summed E-state index contributed by atoms with van der Waals surface area (Å²) in [5, 5.41) is 7.77. The van der Waals surface area contributed by atoms with E-state index in [9.17, 15) is 4.79 Å². The number of hydrogen-bond acceptors (Lipinski definition) is 3. The molecule has 2 fully saturated rings. The first kappa shape index (κ1) is 16.5. The molecule has 1 aromatic rings. The first-order valence-electron chi connectivity index (χ1n) is 9.08. The van der Waals surface area contributed by atoms with Crippen molar-refractivity contribution in [1.82, 2.24) is 19.7 Å². The van der Waals surface area contributed by atoms with Crippen LogP contribution in [0.4, 0.5) is 0 Å². The van der Waals surface area contributed by atoms with E-state index in [1.165, 1.54) is 12.8 Å². The Balaban J connectivity index is 1.49. The van der Waals surface area contributed by atoms with E-state index in [2.05, 4.69) is 40.4 Å². The molecule has 2 aliphatic rings. The minimum atomic E-state index is 0.264. The number of rotatable bonds is 2. The molecule has 2 heterocycles. The van der Waals surface area contributed by atoms with Crippen LogP contribution < -0.4 is 0 Å². The Morgan fingerprint density at radius 3 is 2.04 bits per heavy atom. The maximum atomic E-state index is 12.8. The summed E-state index contributed by atoms with van der Waals surface area (Å²) in [5.41, 5.74) is 0.380. The summed E-state index contributed by atoms with van der Waals surface area (Å²) in [4.78, 5) is 14.9. The van der Waals surface area contributed by atoms with Crippen LogP contribution in [0, 0.1) is 17.3 Å². The third-order valence-electron chi connectivity index (χ3n) is 5.94. The van der Waals surface area contributed by atoms with Crippen molar-refractivity contribution in [3.8, 4) is 0 Å². The molecule has 5 nitrogen and oxygen atoms in total. The van der Waals surface area contributed by atoms with E-state index in [-0.39, 0.29) is 5.92 Å². The van der Waals surface area contributed by atoms with Crippen molar-refractivity contribution in [2.24, 2.45) is 17.3 Å².